The van der Waals surface area contributed by atoms with Gasteiger partial charge in [0.25, 0.3) is 0 Å². The molecule has 5 nitrogen and oxygen atoms in total. The molecule has 2 aliphatic rings. The highest BCUT2D eigenvalue weighted by molar-refractivity contribution is 6.32. The van der Waals surface area contributed by atoms with Crippen LogP contribution in [0, 0.1) is 5.92 Å². The van der Waals surface area contributed by atoms with E-state index in [2.05, 4.69) is 15.2 Å². The van der Waals surface area contributed by atoms with Gasteiger partial charge in [-0.15, -0.1) is 0 Å². The summed E-state index contributed by atoms with van der Waals surface area (Å²) in [5.41, 5.74) is 1.53. The lowest BCUT2D eigenvalue weighted by Gasteiger charge is -2.34. The number of rotatable bonds is 7. The van der Waals surface area contributed by atoms with E-state index in [-0.39, 0.29) is 6.03 Å². The van der Waals surface area contributed by atoms with Crippen LogP contribution in [0.15, 0.2) is 42.6 Å². The molecule has 0 bridgehead atoms. The fraction of sp³-hybridized carbons (Fsp3) is 0.478. The molecule has 6 heteroatoms. The van der Waals surface area contributed by atoms with Crippen LogP contribution in [0.25, 0.3) is 0 Å². The van der Waals surface area contributed by atoms with Crippen molar-refractivity contribution in [2.45, 2.75) is 57.6 Å². The van der Waals surface area contributed by atoms with Crippen LogP contribution in [0.1, 0.15) is 50.6 Å². The minimum Gasteiger partial charge on any atom is -0.486 e. The van der Waals surface area contributed by atoms with Crippen molar-refractivity contribution >= 4 is 23.3 Å². The second-order valence-corrected chi connectivity index (χ2v) is 8.48. The van der Waals surface area contributed by atoms with Gasteiger partial charge in [0, 0.05) is 24.5 Å². The minimum absolute atomic E-state index is 0.0120. The second kappa shape index (κ2) is 9.49. The van der Waals surface area contributed by atoms with Crippen molar-refractivity contribution in [3.8, 4) is 5.75 Å². The Morgan fingerprint density at radius 3 is 2.66 bits per heavy atom. The fourth-order valence-electron chi connectivity index (χ4n) is 3.90. The molecule has 0 atom stereocenters. The summed E-state index contributed by atoms with van der Waals surface area (Å²) >= 11 is 6.39. The van der Waals surface area contributed by atoms with Gasteiger partial charge in [-0.25, -0.2) is 4.79 Å². The number of pyridine rings is 1. The topological polar surface area (TPSA) is 54.5 Å². The molecule has 0 saturated heterocycles. The van der Waals surface area contributed by atoms with Gasteiger partial charge in [-0.1, -0.05) is 36.9 Å². The predicted molar refractivity (Wildman–Crippen MR) is 115 cm³/mol. The largest absolute Gasteiger partial charge is 0.486 e. The maximum absolute atomic E-state index is 13.0. The molecule has 1 aromatic heterocycles. The number of nitrogens with one attached hydrogen (secondary N) is 1. The Morgan fingerprint density at radius 1 is 1.14 bits per heavy atom. The van der Waals surface area contributed by atoms with E-state index in [0.29, 0.717) is 35.0 Å². The van der Waals surface area contributed by atoms with E-state index in [1.54, 1.807) is 18.3 Å². The number of carbonyl (C=O) groups is 1. The van der Waals surface area contributed by atoms with E-state index < -0.39 is 0 Å². The maximum Gasteiger partial charge on any atom is 0.322 e. The SMILES string of the molecule is O=C(Nc1ccc(OCc2ccccn2)c(Cl)c1)N(CC1CC1)C1CCCCC1. The van der Waals surface area contributed by atoms with Crippen molar-refractivity contribution in [3.63, 3.8) is 0 Å². The maximum atomic E-state index is 13.0. The summed E-state index contributed by atoms with van der Waals surface area (Å²) in [4.78, 5) is 19.3. The zero-order valence-electron chi connectivity index (χ0n) is 16.6. The summed E-state index contributed by atoms with van der Waals surface area (Å²) in [6.45, 7) is 1.22. The Balaban J connectivity index is 1.38. The summed E-state index contributed by atoms with van der Waals surface area (Å²) in [5.74, 6) is 1.26. The zero-order valence-corrected chi connectivity index (χ0v) is 17.4. The number of aromatic nitrogens is 1. The standard InChI is InChI=1S/C23H28ClN3O2/c24-21-14-18(11-12-22(21)29-16-19-6-4-5-13-25-19)26-23(28)27(15-17-9-10-17)20-7-2-1-3-8-20/h4-6,11-14,17,20H,1-3,7-10,15-16H2,(H,26,28). The second-order valence-electron chi connectivity index (χ2n) is 8.07. The first-order valence-electron chi connectivity index (χ1n) is 10.6. The van der Waals surface area contributed by atoms with Crippen LogP contribution in [0.5, 0.6) is 5.75 Å². The highest BCUT2D eigenvalue weighted by Crippen LogP contribution is 2.33. The van der Waals surface area contributed by atoms with Crippen molar-refractivity contribution < 1.29 is 9.53 Å². The van der Waals surface area contributed by atoms with Gasteiger partial charge < -0.3 is 15.0 Å². The minimum atomic E-state index is -0.0120. The monoisotopic (exact) mass is 413 g/mol. The Bertz CT molecular complexity index is 820. The summed E-state index contributed by atoms with van der Waals surface area (Å²) in [6, 6.07) is 11.4. The molecular weight excluding hydrogens is 386 g/mol. The smallest absolute Gasteiger partial charge is 0.322 e. The third-order valence-electron chi connectivity index (χ3n) is 5.71. The first-order valence-corrected chi connectivity index (χ1v) is 11.0. The Kier molecular flexibility index (Phi) is 6.55. The lowest BCUT2D eigenvalue weighted by molar-refractivity contribution is 0.163. The Morgan fingerprint density at radius 2 is 1.97 bits per heavy atom. The number of amides is 2. The summed E-state index contributed by atoms with van der Waals surface area (Å²) in [5, 5.41) is 3.53. The number of halogens is 1. The van der Waals surface area contributed by atoms with Gasteiger partial charge in [0.05, 0.1) is 10.7 Å². The zero-order chi connectivity index (χ0) is 20.1. The van der Waals surface area contributed by atoms with Gasteiger partial charge >= 0.3 is 6.03 Å². The Labute approximate surface area is 177 Å². The van der Waals surface area contributed by atoms with Crippen LogP contribution < -0.4 is 10.1 Å². The van der Waals surface area contributed by atoms with Crippen molar-refractivity contribution in [1.82, 2.24) is 9.88 Å². The molecule has 29 heavy (non-hydrogen) atoms. The first-order chi connectivity index (χ1) is 14.2. The van der Waals surface area contributed by atoms with E-state index in [4.69, 9.17) is 16.3 Å². The summed E-state index contributed by atoms with van der Waals surface area (Å²) in [6.07, 6.45) is 10.2. The average molecular weight is 414 g/mol. The highest BCUT2D eigenvalue weighted by atomic mass is 35.5. The van der Waals surface area contributed by atoms with Crippen molar-refractivity contribution in [1.29, 1.82) is 0 Å². The molecule has 2 amide bonds. The lowest BCUT2D eigenvalue weighted by Crippen LogP contribution is -2.45. The van der Waals surface area contributed by atoms with Gasteiger partial charge in [0.15, 0.2) is 0 Å². The van der Waals surface area contributed by atoms with Crippen LogP contribution in [0.2, 0.25) is 5.02 Å². The summed E-state index contributed by atoms with van der Waals surface area (Å²) in [7, 11) is 0. The molecule has 2 aromatic rings. The molecule has 4 rings (SSSR count). The molecule has 0 radical (unpaired) electrons. The third kappa shape index (κ3) is 5.63. The van der Waals surface area contributed by atoms with E-state index in [1.165, 1.54) is 32.1 Å². The van der Waals surface area contributed by atoms with Crippen molar-refractivity contribution in [2.75, 3.05) is 11.9 Å². The number of urea groups is 1. The highest BCUT2D eigenvalue weighted by Gasteiger charge is 2.32. The molecule has 0 spiro atoms. The number of ether oxygens (including phenoxy) is 1. The van der Waals surface area contributed by atoms with E-state index in [0.717, 1.165) is 25.1 Å². The Hall–Kier alpha value is -2.27. The van der Waals surface area contributed by atoms with Gasteiger partial charge in [0.1, 0.15) is 12.4 Å². The van der Waals surface area contributed by atoms with Gasteiger partial charge in [0.2, 0.25) is 0 Å². The van der Waals surface area contributed by atoms with Gasteiger partial charge in [-0.2, -0.15) is 0 Å². The first kappa shape index (κ1) is 20.0. The number of hydrogen-bond acceptors (Lipinski definition) is 3. The number of anilines is 1. The molecule has 0 aliphatic heterocycles. The third-order valence-corrected chi connectivity index (χ3v) is 6.01. The molecule has 154 valence electrons. The lowest BCUT2D eigenvalue weighted by atomic mass is 9.94. The number of hydrogen-bond donors (Lipinski definition) is 1. The van der Waals surface area contributed by atoms with Crippen LogP contribution in [0.4, 0.5) is 10.5 Å². The quantitative estimate of drug-likeness (QED) is 0.615. The molecule has 2 fully saturated rings. The molecular formula is C23H28ClN3O2. The van der Waals surface area contributed by atoms with E-state index >= 15 is 0 Å². The fourth-order valence-corrected chi connectivity index (χ4v) is 4.13. The number of benzene rings is 1. The molecule has 2 saturated carbocycles. The van der Waals surface area contributed by atoms with E-state index in [1.807, 2.05) is 24.3 Å². The van der Waals surface area contributed by atoms with Crippen LogP contribution in [0.3, 0.4) is 0 Å². The molecule has 1 heterocycles. The van der Waals surface area contributed by atoms with Gasteiger partial charge in [-0.3, -0.25) is 4.98 Å². The number of nitrogens with zero attached hydrogens (tertiary/aromatic N) is 2. The average Bonchev–Trinajstić information content (AvgIpc) is 3.57. The molecule has 2 aliphatic carbocycles. The molecule has 1 aromatic carbocycles. The predicted octanol–water partition coefficient (Wildman–Crippen LogP) is 5.89. The molecule has 0 unspecified atom stereocenters. The molecule has 1 N–H and O–H groups in total. The van der Waals surface area contributed by atoms with Crippen LogP contribution in [-0.2, 0) is 6.61 Å². The van der Waals surface area contributed by atoms with E-state index in [9.17, 15) is 4.79 Å². The normalized spacial score (nSPS) is 17.0. The summed E-state index contributed by atoms with van der Waals surface area (Å²) < 4.78 is 5.77. The van der Waals surface area contributed by atoms with Crippen LogP contribution >= 0.6 is 11.6 Å². The van der Waals surface area contributed by atoms with Gasteiger partial charge in [-0.05, 0) is 61.9 Å². The number of carbonyl (C=O) groups excluding carboxylic acids is 1. The van der Waals surface area contributed by atoms with Crippen molar-refractivity contribution in [2.24, 2.45) is 5.92 Å². The van der Waals surface area contributed by atoms with Crippen LogP contribution in [-0.4, -0.2) is 28.5 Å². The van der Waals surface area contributed by atoms with Crippen molar-refractivity contribution in [3.05, 3.63) is 53.3 Å².